The third-order valence-electron chi connectivity index (χ3n) is 5.88. The highest BCUT2D eigenvalue weighted by Crippen LogP contribution is 2.27. The van der Waals surface area contributed by atoms with E-state index in [0.717, 1.165) is 15.4 Å². The SMILES string of the molecule is CCNC(=O)[C@@H](CC)N(Cc1cccc(C)c1)C(=O)CN(c1cccc(Cl)c1)S(=O)(=O)c1ccccc1. The number of sulfonamides is 1. The molecule has 2 amide bonds. The average molecular weight is 542 g/mol. The largest absolute Gasteiger partial charge is 0.355 e. The minimum Gasteiger partial charge on any atom is -0.355 e. The van der Waals surface area contributed by atoms with E-state index in [4.69, 9.17) is 11.6 Å². The van der Waals surface area contributed by atoms with Crippen molar-refractivity contribution in [2.45, 2.75) is 44.7 Å². The number of carbonyl (C=O) groups excluding carboxylic acids is 2. The summed E-state index contributed by atoms with van der Waals surface area (Å²) < 4.78 is 28.5. The first-order valence-electron chi connectivity index (χ1n) is 12.1. The number of rotatable bonds is 11. The highest BCUT2D eigenvalue weighted by Gasteiger charge is 2.33. The number of amides is 2. The predicted molar refractivity (Wildman–Crippen MR) is 147 cm³/mol. The molecular formula is C28H32ClN3O4S. The van der Waals surface area contributed by atoms with Crippen molar-refractivity contribution in [2.75, 3.05) is 17.4 Å². The molecule has 0 aliphatic carbocycles. The standard InChI is InChI=1S/C28H32ClN3O4S/c1-4-26(28(34)30-5-2)31(19-22-12-9-11-21(3)17-22)27(33)20-32(24-14-10-13-23(29)18-24)37(35,36)25-15-7-6-8-16-25/h6-18,26H,4-5,19-20H2,1-3H3,(H,30,34)/t26-/m1/s1. The molecule has 0 saturated heterocycles. The minimum absolute atomic E-state index is 0.0452. The van der Waals surface area contributed by atoms with Gasteiger partial charge in [-0.3, -0.25) is 13.9 Å². The van der Waals surface area contributed by atoms with Crippen LogP contribution < -0.4 is 9.62 Å². The molecule has 0 bridgehead atoms. The number of likely N-dealkylation sites (N-methyl/N-ethyl adjacent to an activating group) is 1. The van der Waals surface area contributed by atoms with Crippen LogP contribution in [0.15, 0.2) is 83.8 Å². The van der Waals surface area contributed by atoms with Crippen molar-refractivity contribution in [2.24, 2.45) is 0 Å². The topological polar surface area (TPSA) is 86.8 Å². The van der Waals surface area contributed by atoms with E-state index in [2.05, 4.69) is 5.32 Å². The van der Waals surface area contributed by atoms with Crippen LogP contribution >= 0.6 is 11.6 Å². The van der Waals surface area contributed by atoms with Gasteiger partial charge in [0.1, 0.15) is 12.6 Å². The van der Waals surface area contributed by atoms with E-state index in [9.17, 15) is 18.0 Å². The Balaban J connectivity index is 2.05. The lowest BCUT2D eigenvalue weighted by molar-refractivity contribution is -0.140. The molecule has 1 N–H and O–H groups in total. The van der Waals surface area contributed by atoms with Crippen LogP contribution in [0.1, 0.15) is 31.4 Å². The minimum atomic E-state index is -4.12. The molecule has 196 valence electrons. The Hall–Kier alpha value is -3.36. The molecule has 0 spiro atoms. The maximum atomic E-state index is 13.9. The number of hydrogen-bond acceptors (Lipinski definition) is 4. The van der Waals surface area contributed by atoms with Gasteiger partial charge in [-0.15, -0.1) is 0 Å². The monoisotopic (exact) mass is 541 g/mol. The van der Waals surface area contributed by atoms with Crippen LogP contribution in [0, 0.1) is 6.92 Å². The zero-order chi connectivity index (χ0) is 27.0. The fourth-order valence-corrected chi connectivity index (χ4v) is 5.71. The first-order valence-corrected chi connectivity index (χ1v) is 13.9. The van der Waals surface area contributed by atoms with Crippen LogP contribution in [-0.2, 0) is 26.2 Å². The van der Waals surface area contributed by atoms with Crippen molar-refractivity contribution in [3.05, 3.63) is 95.0 Å². The molecule has 0 aliphatic heterocycles. The Morgan fingerprint density at radius 3 is 2.27 bits per heavy atom. The fourth-order valence-electron chi connectivity index (χ4n) is 4.10. The first kappa shape index (κ1) is 28.2. The molecule has 1 atom stereocenters. The summed E-state index contributed by atoms with van der Waals surface area (Å²) in [6.07, 6.45) is 0.367. The van der Waals surface area contributed by atoms with E-state index in [1.165, 1.54) is 23.1 Å². The van der Waals surface area contributed by atoms with Crippen molar-refractivity contribution in [1.29, 1.82) is 0 Å². The first-order chi connectivity index (χ1) is 17.7. The number of aryl methyl sites for hydroxylation is 1. The van der Waals surface area contributed by atoms with Gasteiger partial charge in [0.15, 0.2) is 0 Å². The van der Waals surface area contributed by atoms with E-state index in [0.29, 0.717) is 18.0 Å². The van der Waals surface area contributed by atoms with E-state index in [-0.39, 0.29) is 23.0 Å². The summed E-state index contributed by atoms with van der Waals surface area (Å²) in [5.41, 5.74) is 2.12. The highest BCUT2D eigenvalue weighted by molar-refractivity contribution is 7.92. The molecule has 37 heavy (non-hydrogen) atoms. The third-order valence-corrected chi connectivity index (χ3v) is 7.90. The molecule has 0 saturated carbocycles. The number of halogens is 1. The second-order valence-electron chi connectivity index (χ2n) is 8.63. The molecule has 0 aliphatic rings. The number of benzene rings is 3. The van der Waals surface area contributed by atoms with Gasteiger partial charge in [-0.2, -0.15) is 0 Å². The van der Waals surface area contributed by atoms with Gasteiger partial charge in [0.2, 0.25) is 11.8 Å². The van der Waals surface area contributed by atoms with Gasteiger partial charge in [-0.1, -0.05) is 72.6 Å². The Morgan fingerprint density at radius 2 is 1.65 bits per heavy atom. The van der Waals surface area contributed by atoms with Gasteiger partial charge >= 0.3 is 0 Å². The van der Waals surface area contributed by atoms with Gasteiger partial charge in [-0.05, 0) is 56.2 Å². The predicted octanol–water partition coefficient (Wildman–Crippen LogP) is 4.79. The molecule has 0 aromatic heterocycles. The third kappa shape index (κ3) is 7.11. The molecule has 0 radical (unpaired) electrons. The number of carbonyl (C=O) groups is 2. The maximum Gasteiger partial charge on any atom is 0.264 e. The van der Waals surface area contributed by atoms with Crippen LogP contribution in [0.2, 0.25) is 5.02 Å². The maximum absolute atomic E-state index is 13.9. The van der Waals surface area contributed by atoms with E-state index < -0.39 is 28.5 Å². The second kappa shape index (κ2) is 12.7. The molecule has 9 heteroatoms. The molecular weight excluding hydrogens is 510 g/mol. The molecule has 3 rings (SSSR count). The van der Waals surface area contributed by atoms with Crippen molar-refractivity contribution in [1.82, 2.24) is 10.2 Å². The Bertz CT molecular complexity index is 1330. The molecule has 0 unspecified atom stereocenters. The number of nitrogens with zero attached hydrogens (tertiary/aromatic N) is 2. The van der Waals surface area contributed by atoms with Crippen molar-refractivity contribution in [3.8, 4) is 0 Å². The van der Waals surface area contributed by atoms with Crippen LogP contribution in [0.25, 0.3) is 0 Å². The molecule has 7 nitrogen and oxygen atoms in total. The van der Waals surface area contributed by atoms with Gasteiger partial charge in [-0.25, -0.2) is 8.42 Å². The summed E-state index contributed by atoms with van der Waals surface area (Å²) in [5.74, 6) is -0.787. The van der Waals surface area contributed by atoms with Crippen LogP contribution in [0.5, 0.6) is 0 Å². The van der Waals surface area contributed by atoms with Gasteiger partial charge in [0.25, 0.3) is 10.0 Å². The van der Waals surface area contributed by atoms with Crippen molar-refractivity contribution in [3.63, 3.8) is 0 Å². The van der Waals surface area contributed by atoms with Crippen molar-refractivity contribution < 1.29 is 18.0 Å². The normalized spacial score (nSPS) is 12.0. The van der Waals surface area contributed by atoms with Gasteiger partial charge in [0.05, 0.1) is 10.6 Å². The quantitative estimate of drug-likeness (QED) is 0.378. The zero-order valence-electron chi connectivity index (χ0n) is 21.2. The lowest BCUT2D eigenvalue weighted by Gasteiger charge is -2.33. The summed E-state index contributed by atoms with van der Waals surface area (Å²) >= 11 is 6.19. The molecule has 3 aromatic carbocycles. The lowest BCUT2D eigenvalue weighted by Crippen LogP contribution is -2.52. The molecule has 0 heterocycles. The summed E-state index contributed by atoms with van der Waals surface area (Å²) in [6.45, 7) is 5.66. The summed E-state index contributed by atoms with van der Waals surface area (Å²) in [4.78, 5) is 28.3. The lowest BCUT2D eigenvalue weighted by atomic mass is 10.1. The zero-order valence-corrected chi connectivity index (χ0v) is 22.8. The van der Waals surface area contributed by atoms with E-state index in [1.807, 2.05) is 45.0 Å². The van der Waals surface area contributed by atoms with Crippen LogP contribution in [0.3, 0.4) is 0 Å². The van der Waals surface area contributed by atoms with Gasteiger partial charge < -0.3 is 10.2 Å². The summed E-state index contributed by atoms with van der Waals surface area (Å²) in [6, 6.07) is 21.2. The van der Waals surface area contributed by atoms with E-state index in [1.54, 1.807) is 36.4 Å². The second-order valence-corrected chi connectivity index (χ2v) is 10.9. The van der Waals surface area contributed by atoms with Crippen molar-refractivity contribution >= 4 is 39.1 Å². The average Bonchev–Trinajstić information content (AvgIpc) is 2.87. The number of hydrogen-bond donors (Lipinski definition) is 1. The highest BCUT2D eigenvalue weighted by atomic mass is 35.5. The van der Waals surface area contributed by atoms with Crippen LogP contribution in [-0.4, -0.2) is 44.3 Å². The molecule has 3 aromatic rings. The van der Waals surface area contributed by atoms with E-state index >= 15 is 0 Å². The van der Waals surface area contributed by atoms with Gasteiger partial charge in [0, 0.05) is 18.1 Å². The number of nitrogens with one attached hydrogen (secondary N) is 1. The Labute approximate surface area is 224 Å². The summed E-state index contributed by atoms with van der Waals surface area (Å²) in [7, 11) is -4.12. The number of anilines is 1. The fraction of sp³-hybridized carbons (Fsp3) is 0.286. The smallest absolute Gasteiger partial charge is 0.264 e. The Morgan fingerprint density at radius 1 is 0.946 bits per heavy atom. The Kier molecular flexibility index (Phi) is 9.72. The van der Waals surface area contributed by atoms with Crippen LogP contribution in [0.4, 0.5) is 5.69 Å². The molecule has 0 fully saturated rings. The summed E-state index contributed by atoms with van der Waals surface area (Å²) in [5, 5.41) is 3.13.